The fourth-order valence-electron chi connectivity index (χ4n) is 2.94. The van der Waals surface area contributed by atoms with Crippen LogP contribution in [0.15, 0.2) is 0 Å². The zero-order chi connectivity index (χ0) is 16.8. The fourth-order valence-corrected chi connectivity index (χ4v) is 2.94. The second-order valence-corrected chi connectivity index (χ2v) is 7.00. The Hall–Kier alpha value is -0.0800. The molecule has 0 spiro atoms. The Bertz CT molecular complexity index is 176. The van der Waals surface area contributed by atoms with Crippen molar-refractivity contribution in [3.63, 3.8) is 0 Å². The summed E-state index contributed by atoms with van der Waals surface area (Å²) in [6.45, 7) is 7.35. The minimum Gasteiger partial charge on any atom is -0.366 e. The lowest BCUT2D eigenvalue weighted by molar-refractivity contribution is 0.112. The maximum absolute atomic E-state index is 5.64. The van der Waals surface area contributed by atoms with E-state index in [0.717, 1.165) is 19.9 Å². The summed E-state index contributed by atoms with van der Waals surface area (Å²) in [6, 6.07) is 0. The van der Waals surface area contributed by atoms with Gasteiger partial charge in [0.15, 0.2) is 0 Å². The number of ether oxygens (including phenoxy) is 1. The summed E-state index contributed by atoms with van der Waals surface area (Å²) in [5, 5.41) is 3.40. The summed E-state index contributed by atoms with van der Waals surface area (Å²) in [6.07, 6.45) is 22.1. The van der Waals surface area contributed by atoms with Crippen molar-refractivity contribution in [1.29, 1.82) is 0 Å². The van der Waals surface area contributed by atoms with Gasteiger partial charge in [-0.05, 0) is 19.4 Å². The standard InChI is InChI=1S/C21H45NO/c1-3-5-7-9-11-13-15-17-19-22-21-23-20-18-16-14-12-10-8-6-4-2/h22H,3-21H2,1-2H3. The summed E-state index contributed by atoms with van der Waals surface area (Å²) in [7, 11) is 0. The van der Waals surface area contributed by atoms with Crippen LogP contribution in [0, 0.1) is 0 Å². The van der Waals surface area contributed by atoms with E-state index in [1.807, 2.05) is 0 Å². The third kappa shape index (κ3) is 21.9. The van der Waals surface area contributed by atoms with Crippen LogP contribution in [0.3, 0.4) is 0 Å². The number of hydrogen-bond acceptors (Lipinski definition) is 2. The van der Waals surface area contributed by atoms with E-state index < -0.39 is 0 Å². The highest BCUT2D eigenvalue weighted by Crippen LogP contribution is 2.09. The van der Waals surface area contributed by atoms with Gasteiger partial charge in [-0.3, -0.25) is 5.32 Å². The minimum atomic E-state index is 0.743. The van der Waals surface area contributed by atoms with Gasteiger partial charge in [0.25, 0.3) is 0 Å². The lowest BCUT2D eigenvalue weighted by Crippen LogP contribution is -2.19. The molecule has 0 aliphatic rings. The highest BCUT2D eigenvalue weighted by Gasteiger charge is 1.94. The first-order valence-electron chi connectivity index (χ1n) is 10.7. The van der Waals surface area contributed by atoms with Crippen molar-refractivity contribution < 1.29 is 4.74 Å². The van der Waals surface area contributed by atoms with Crippen LogP contribution in [0.1, 0.15) is 117 Å². The van der Waals surface area contributed by atoms with E-state index in [1.165, 1.54) is 103 Å². The molecule has 23 heavy (non-hydrogen) atoms. The first-order chi connectivity index (χ1) is 11.4. The van der Waals surface area contributed by atoms with Crippen LogP contribution >= 0.6 is 0 Å². The van der Waals surface area contributed by atoms with Crippen molar-refractivity contribution in [2.24, 2.45) is 0 Å². The van der Waals surface area contributed by atoms with Gasteiger partial charge in [0, 0.05) is 6.61 Å². The number of nitrogens with one attached hydrogen (secondary N) is 1. The Balaban J connectivity index is 2.92. The molecule has 0 radical (unpaired) electrons. The molecule has 0 aliphatic carbocycles. The lowest BCUT2D eigenvalue weighted by atomic mass is 10.1. The molecule has 0 aliphatic heterocycles. The second kappa shape index (κ2) is 21.9. The maximum atomic E-state index is 5.64. The topological polar surface area (TPSA) is 21.3 Å². The second-order valence-electron chi connectivity index (χ2n) is 7.00. The van der Waals surface area contributed by atoms with E-state index in [-0.39, 0.29) is 0 Å². The first kappa shape index (κ1) is 22.9. The molecular weight excluding hydrogens is 282 g/mol. The van der Waals surface area contributed by atoms with Crippen molar-refractivity contribution in [3.05, 3.63) is 0 Å². The normalized spacial score (nSPS) is 11.2. The van der Waals surface area contributed by atoms with Gasteiger partial charge in [-0.15, -0.1) is 0 Å². The molecule has 0 atom stereocenters. The predicted molar refractivity (Wildman–Crippen MR) is 104 cm³/mol. The van der Waals surface area contributed by atoms with Gasteiger partial charge >= 0.3 is 0 Å². The van der Waals surface area contributed by atoms with E-state index in [9.17, 15) is 0 Å². The van der Waals surface area contributed by atoms with Crippen LogP contribution in [-0.2, 0) is 4.74 Å². The molecule has 0 saturated carbocycles. The molecule has 0 rings (SSSR count). The molecule has 0 heterocycles. The van der Waals surface area contributed by atoms with E-state index in [4.69, 9.17) is 4.74 Å². The third-order valence-corrected chi connectivity index (χ3v) is 4.55. The summed E-state index contributed by atoms with van der Waals surface area (Å²) in [5.41, 5.74) is 0. The number of hydrogen-bond donors (Lipinski definition) is 1. The average Bonchev–Trinajstić information content (AvgIpc) is 2.57. The highest BCUT2D eigenvalue weighted by molar-refractivity contribution is 4.49. The van der Waals surface area contributed by atoms with Crippen LogP contribution in [0.2, 0.25) is 0 Å². The minimum absolute atomic E-state index is 0.743. The Morgan fingerprint density at radius 1 is 0.522 bits per heavy atom. The Kier molecular flexibility index (Phi) is 21.8. The van der Waals surface area contributed by atoms with Crippen molar-refractivity contribution >= 4 is 0 Å². The van der Waals surface area contributed by atoms with Crippen LogP contribution in [0.5, 0.6) is 0 Å². The summed E-state index contributed by atoms with van der Waals surface area (Å²) >= 11 is 0. The summed E-state index contributed by atoms with van der Waals surface area (Å²) < 4.78 is 5.64. The van der Waals surface area contributed by atoms with Gasteiger partial charge < -0.3 is 4.74 Å². The van der Waals surface area contributed by atoms with Crippen molar-refractivity contribution in [3.8, 4) is 0 Å². The van der Waals surface area contributed by atoms with Crippen LogP contribution in [-0.4, -0.2) is 19.9 Å². The monoisotopic (exact) mass is 327 g/mol. The molecule has 1 N–H and O–H groups in total. The van der Waals surface area contributed by atoms with Crippen LogP contribution < -0.4 is 5.32 Å². The molecule has 2 heteroatoms. The van der Waals surface area contributed by atoms with Crippen LogP contribution in [0.4, 0.5) is 0 Å². The van der Waals surface area contributed by atoms with Gasteiger partial charge in [0.05, 0.1) is 6.73 Å². The maximum Gasteiger partial charge on any atom is 0.0965 e. The Morgan fingerprint density at radius 3 is 1.48 bits per heavy atom. The lowest BCUT2D eigenvalue weighted by Gasteiger charge is -2.06. The highest BCUT2D eigenvalue weighted by atomic mass is 16.5. The smallest absolute Gasteiger partial charge is 0.0965 e. The fraction of sp³-hybridized carbons (Fsp3) is 1.00. The molecular formula is C21H45NO. The van der Waals surface area contributed by atoms with Gasteiger partial charge in [0.1, 0.15) is 0 Å². The molecule has 2 nitrogen and oxygen atoms in total. The molecule has 0 unspecified atom stereocenters. The van der Waals surface area contributed by atoms with E-state index in [1.54, 1.807) is 0 Å². The van der Waals surface area contributed by atoms with Gasteiger partial charge in [0.2, 0.25) is 0 Å². The zero-order valence-corrected chi connectivity index (χ0v) is 16.3. The molecule has 0 aromatic rings. The van der Waals surface area contributed by atoms with E-state index in [2.05, 4.69) is 19.2 Å². The van der Waals surface area contributed by atoms with E-state index in [0.29, 0.717) is 0 Å². The van der Waals surface area contributed by atoms with Gasteiger partial charge in [-0.2, -0.15) is 0 Å². The average molecular weight is 328 g/mol. The molecule has 0 aromatic heterocycles. The molecule has 0 saturated heterocycles. The van der Waals surface area contributed by atoms with Crippen molar-refractivity contribution in [2.75, 3.05) is 19.9 Å². The third-order valence-electron chi connectivity index (χ3n) is 4.55. The zero-order valence-electron chi connectivity index (χ0n) is 16.3. The SMILES string of the molecule is CCCCCCCCCCNCOCCCCCCCCCC. The summed E-state index contributed by atoms with van der Waals surface area (Å²) in [5.74, 6) is 0. The van der Waals surface area contributed by atoms with Gasteiger partial charge in [-0.1, -0.05) is 104 Å². The van der Waals surface area contributed by atoms with Gasteiger partial charge in [-0.25, -0.2) is 0 Å². The molecule has 0 fully saturated rings. The number of rotatable bonds is 20. The Morgan fingerprint density at radius 2 is 0.957 bits per heavy atom. The van der Waals surface area contributed by atoms with E-state index >= 15 is 0 Å². The van der Waals surface area contributed by atoms with Crippen molar-refractivity contribution in [1.82, 2.24) is 5.32 Å². The van der Waals surface area contributed by atoms with Crippen molar-refractivity contribution in [2.45, 2.75) is 117 Å². The largest absolute Gasteiger partial charge is 0.366 e. The number of unbranched alkanes of at least 4 members (excludes halogenated alkanes) is 14. The molecule has 0 aromatic carbocycles. The predicted octanol–water partition coefficient (Wildman–Crippen LogP) is 6.83. The molecule has 0 bridgehead atoms. The first-order valence-corrected chi connectivity index (χ1v) is 10.7. The van der Waals surface area contributed by atoms with Crippen LogP contribution in [0.25, 0.3) is 0 Å². The molecule has 140 valence electrons. The quantitative estimate of drug-likeness (QED) is 0.195. The molecule has 0 amide bonds. The summed E-state index contributed by atoms with van der Waals surface area (Å²) in [4.78, 5) is 0. The Labute approximate surface area is 147 Å².